The number of hydrogen-bond acceptors (Lipinski definition) is 8. The fourth-order valence-electron chi connectivity index (χ4n) is 5.33. The van der Waals surface area contributed by atoms with Crippen LogP contribution in [0.2, 0.25) is 5.02 Å². The molecular formula is C32H40ClN5O2S. The molecule has 3 aromatic rings. The van der Waals surface area contributed by atoms with E-state index in [0.29, 0.717) is 22.9 Å². The summed E-state index contributed by atoms with van der Waals surface area (Å²) in [4.78, 5) is 9.96. The lowest BCUT2D eigenvalue weighted by Gasteiger charge is -2.36. The van der Waals surface area contributed by atoms with Gasteiger partial charge in [-0.2, -0.15) is 4.98 Å². The van der Waals surface area contributed by atoms with Crippen LogP contribution in [0.3, 0.4) is 0 Å². The molecule has 1 aliphatic carbocycles. The minimum atomic E-state index is -0.0135. The zero-order valence-corrected chi connectivity index (χ0v) is 26.0. The molecule has 2 aliphatic rings. The molecule has 218 valence electrons. The molecule has 0 bridgehead atoms. The Morgan fingerprint density at radius 1 is 1.17 bits per heavy atom. The molecule has 9 heteroatoms. The second-order valence-corrected chi connectivity index (χ2v) is 13.4. The maximum Gasteiger partial charge on any atom is 0.229 e. The van der Waals surface area contributed by atoms with Crippen molar-refractivity contribution >= 4 is 52.1 Å². The highest BCUT2D eigenvalue weighted by molar-refractivity contribution is 8.00. The summed E-state index contributed by atoms with van der Waals surface area (Å²) >= 11 is 8.15. The monoisotopic (exact) mass is 593 g/mol. The Kier molecular flexibility index (Phi) is 9.44. The first kappa shape index (κ1) is 29.7. The first-order chi connectivity index (χ1) is 19.7. The normalized spacial score (nSPS) is 17.4. The number of aromatic nitrogens is 2. The average molecular weight is 594 g/mol. The minimum Gasteiger partial charge on any atom is -0.489 e. The molecule has 1 unspecified atom stereocenters. The lowest BCUT2D eigenvalue weighted by atomic mass is 9.77. The van der Waals surface area contributed by atoms with Gasteiger partial charge in [0.05, 0.1) is 23.7 Å². The largest absolute Gasteiger partial charge is 0.489 e. The van der Waals surface area contributed by atoms with E-state index in [0.717, 1.165) is 45.8 Å². The van der Waals surface area contributed by atoms with Crippen molar-refractivity contribution in [3.05, 3.63) is 64.8 Å². The lowest BCUT2D eigenvalue weighted by molar-refractivity contribution is 0.243. The molecule has 1 aliphatic heterocycles. The number of benzene rings is 2. The van der Waals surface area contributed by atoms with Gasteiger partial charge in [-0.15, -0.1) is 11.8 Å². The third kappa shape index (κ3) is 7.00. The summed E-state index contributed by atoms with van der Waals surface area (Å²) in [6.45, 7) is 11.4. The summed E-state index contributed by atoms with van der Waals surface area (Å²) in [5.41, 5.74) is 5.12. The minimum absolute atomic E-state index is 0.0135. The van der Waals surface area contributed by atoms with Crippen molar-refractivity contribution in [1.29, 1.82) is 0 Å². The summed E-state index contributed by atoms with van der Waals surface area (Å²) in [7, 11) is 0. The first-order valence-electron chi connectivity index (χ1n) is 14.5. The van der Waals surface area contributed by atoms with E-state index < -0.39 is 0 Å². The maximum absolute atomic E-state index is 11.2. The molecule has 2 heterocycles. The summed E-state index contributed by atoms with van der Waals surface area (Å²) in [5, 5.41) is 19.9. The number of thioether (sulfide) groups is 1. The molecule has 2 aromatic carbocycles. The molecule has 3 N–H and O–H groups in total. The number of nitrogens with zero attached hydrogens (tertiary/aromatic N) is 3. The Morgan fingerprint density at radius 3 is 2.66 bits per heavy atom. The van der Waals surface area contributed by atoms with Gasteiger partial charge in [0.2, 0.25) is 5.95 Å². The van der Waals surface area contributed by atoms with Gasteiger partial charge >= 0.3 is 0 Å². The second kappa shape index (κ2) is 13.0. The van der Waals surface area contributed by atoms with Crippen LogP contribution in [0.4, 0.5) is 23.1 Å². The maximum atomic E-state index is 11.2. The van der Waals surface area contributed by atoms with Crippen LogP contribution in [0.15, 0.2) is 53.6 Å². The van der Waals surface area contributed by atoms with Crippen LogP contribution in [0.5, 0.6) is 5.75 Å². The van der Waals surface area contributed by atoms with Crippen LogP contribution < -0.4 is 20.4 Å². The van der Waals surface area contributed by atoms with Gasteiger partial charge in [0.1, 0.15) is 10.8 Å². The van der Waals surface area contributed by atoms with Gasteiger partial charge in [0.25, 0.3) is 0 Å². The quantitative estimate of drug-likeness (QED) is 0.159. The standard InChI is InChI=1S/C32H40ClN5O2S/c1-19(2)40-29-17-24(23-13-14-34-26(16-23)22-9-8-10-22)21(5)15-27(29)36-32-35-18-25(33)31(37-32)38(39)28-11-6-7-12-30(28)41-20(3)4/h6-7,11-12,15-20,22,26,34,39H,8-10,13-14H2,1-5H3,(H,35,36,37). The van der Waals surface area contributed by atoms with Crippen LogP contribution in [0, 0.1) is 12.8 Å². The first-order valence-corrected chi connectivity index (χ1v) is 15.8. The number of halogens is 1. The van der Waals surface area contributed by atoms with Crippen molar-refractivity contribution in [1.82, 2.24) is 15.3 Å². The van der Waals surface area contributed by atoms with Crippen molar-refractivity contribution < 1.29 is 9.94 Å². The molecule has 5 rings (SSSR count). The highest BCUT2D eigenvalue weighted by Crippen LogP contribution is 2.40. The van der Waals surface area contributed by atoms with Gasteiger partial charge < -0.3 is 15.4 Å². The van der Waals surface area contributed by atoms with Crippen molar-refractivity contribution in [2.45, 2.75) is 82.6 Å². The number of rotatable bonds is 10. The van der Waals surface area contributed by atoms with Crippen molar-refractivity contribution in [2.75, 3.05) is 16.9 Å². The number of hydrogen-bond donors (Lipinski definition) is 3. The van der Waals surface area contributed by atoms with Gasteiger partial charge in [0.15, 0.2) is 5.82 Å². The van der Waals surface area contributed by atoms with Crippen LogP contribution in [-0.4, -0.2) is 39.1 Å². The zero-order chi connectivity index (χ0) is 29.1. The van der Waals surface area contributed by atoms with Crippen LogP contribution in [0.25, 0.3) is 5.57 Å². The lowest BCUT2D eigenvalue weighted by Crippen LogP contribution is -2.41. The van der Waals surface area contributed by atoms with Gasteiger partial charge in [0, 0.05) is 16.2 Å². The second-order valence-electron chi connectivity index (χ2n) is 11.4. The van der Waals surface area contributed by atoms with Gasteiger partial charge in [-0.05, 0) is 93.5 Å². The highest BCUT2D eigenvalue weighted by Gasteiger charge is 2.28. The molecular weight excluding hydrogens is 554 g/mol. The van der Waals surface area contributed by atoms with E-state index >= 15 is 0 Å². The predicted molar refractivity (Wildman–Crippen MR) is 170 cm³/mol. The van der Waals surface area contributed by atoms with Gasteiger partial charge in [-0.25, -0.2) is 10.0 Å². The van der Waals surface area contributed by atoms with E-state index in [9.17, 15) is 5.21 Å². The molecule has 7 nitrogen and oxygen atoms in total. The fourth-order valence-corrected chi connectivity index (χ4v) is 6.44. The number of nitrogens with one attached hydrogen (secondary N) is 2. The summed E-state index contributed by atoms with van der Waals surface area (Å²) < 4.78 is 6.28. The van der Waals surface area contributed by atoms with Gasteiger partial charge in [-0.3, -0.25) is 5.21 Å². The topological polar surface area (TPSA) is 82.5 Å². The number of anilines is 4. The Morgan fingerprint density at radius 2 is 1.95 bits per heavy atom. The molecule has 0 amide bonds. The number of ether oxygens (including phenoxy) is 1. The summed E-state index contributed by atoms with van der Waals surface area (Å²) in [6.07, 6.45) is 8.86. The van der Waals surface area contributed by atoms with E-state index in [1.807, 2.05) is 38.1 Å². The van der Waals surface area contributed by atoms with E-state index in [4.69, 9.17) is 16.3 Å². The summed E-state index contributed by atoms with van der Waals surface area (Å²) in [5.74, 6) is 1.99. The van der Waals surface area contributed by atoms with Crippen molar-refractivity contribution in [3.63, 3.8) is 0 Å². The Bertz CT molecular complexity index is 1410. The Balaban J connectivity index is 1.45. The molecule has 1 atom stereocenters. The van der Waals surface area contributed by atoms with E-state index in [-0.39, 0.29) is 16.9 Å². The molecule has 41 heavy (non-hydrogen) atoms. The fraction of sp³-hybridized carbons (Fsp3) is 0.438. The van der Waals surface area contributed by atoms with Crippen LogP contribution in [-0.2, 0) is 0 Å². The Hall–Kier alpha value is -2.78. The van der Waals surface area contributed by atoms with Crippen LogP contribution in [0.1, 0.15) is 64.5 Å². The highest BCUT2D eigenvalue weighted by atomic mass is 35.5. The smallest absolute Gasteiger partial charge is 0.229 e. The Labute approximate surface area is 252 Å². The third-order valence-electron chi connectivity index (χ3n) is 7.48. The van der Waals surface area contributed by atoms with Crippen molar-refractivity contribution in [2.24, 2.45) is 5.92 Å². The SMILES string of the molecule is Cc1cc(Nc2ncc(Cl)c(N(O)c3ccccc3SC(C)C)n2)c(OC(C)C)cc1C1=CC(C2CCC2)NCC1. The van der Waals surface area contributed by atoms with E-state index in [1.54, 1.807) is 11.8 Å². The zero-order valence-electron chi connectivity index (χ0n) is 24.4. The molecule has 1 aromatic heterocycles. The number of aryl methyl sites for hydroxylation is 1. The van der Waals surface area contributed by atoms with E-state index in [1.165, 1.54) is 36.6 Å². The molecule has 0 spiro atoms. The third-order valence-corrected chi connectivity index (χ3v) is 8.81. The van der Waals surface area contributed by atoms with Crippen molar-refractivity contribution in [3.8, 4) is 5.75 Å². The van der Waals surface area contributed by atoms with E-state index in [2.05, 4.69) is 59.6 Å². The number of para-hydroxylation sites is 1. The molecule has 0 radical (unpaired) electrons. The predicted octanol–water partition coefficient (Wildman–Crippen LogP) is 8.54. The molecule has 0 saturated heterocycles. The van der Waals surface area contributed by atoms with Crippen LogP contribution >= 0.6 is 23.4 Å². The van der Waals surface area contributed by atoms with Gasteiger partial charge in [-0.1, -0.05) is 50.1 Å². The molecule has 1 saturated carbocycles. The molecule has 1 fully saturated rings. The average Bonchev–Trinajstić information content (AvgIpc) is 2.90. The summed E-state index contributed by atoms with van der Waals surface area (Å²) in [6, 6.07) is 12.3.